The second-order valence-electron chi connectivity index (χ2n) is 3.00. The van der Waals surface area contributed by atoms with E-state index in [-0.39, 0.29) is 12.1 Å². The van der Waals surface area contributed by atoms with E-state index in [4.69, 9.17) is 0 Å². The molecule has 0 aliphatic rings. The van der Waals surface area contributed by atoms with Gasteiger partial charge in [-0.05, 0) is 27.9 Å². The molecule has 5 heteroatoms. The van der Waals surface area contributed by atoms with Crippen molar-refractivity contribution in [2.24, 2.45) is 0 Å². The van der Waals surface area contributed by atoms with E-state index in [1.54, 1.807) is 11.3 Å². The zero-order valence-electron chi connectivity index (χ0n) is 8.46. The lowest BCUT2D eigenvalue weighted by atomic mass is 10.4. The first-order valence-corrected chi connectivity index (χ1v) is 5.18. The van der Waals surface area contributed by atoms with Gasteiger partial charge in [-0.2, -0.15) is 0 Å². The Kier molecular flexibility index (Phi) is 3.77. The van der Waals surface area contributed by atoms with Crippen molar-refractivity contribution in [3.63, 3.8) is 0 Å². The Bertz CT molecular complexity index is 236. The van der Waals surface area contributed by atoms with Gasteiger partial charge in [-0.25, -0.2) is 0 Å². The summed E-state index contributed by atoms with van der Waals surface area (Å²) in [4.78, 5) is 0. The lowest BCUT2D eigenvalue weighted by Crippen LogP contribution is -2.12. The fourth-order valence-corrected chi connectivity index (χ4v) is 1.81. The first-order valence-electron chi connectivity index (χ1n) is 4.36. The van der Waals surface area contributed by atoms with Crippen LogP contribution in [0.3, 0.4) is 0 Å². The molecule has 13 heavy (non-hydrogen) atoms. The van der Waals surface area contributed by atoms with E-state index in [2.05, 4.69) is 34.7 Å². The van der Waals surface area contributed by atoms with Gasteiger partial charge in [0.2, 0.25) is 0 Å². The van der Waals surface area contributed by atoms with Crippen LogP contribution in [0.5, 0.6) is 0 Å². The number of hydrogen-bond donors (Lipinski definition) is 2. The molecule has 0 amide bonds. The molecule has 74 valence electrons. The van der Waals surface area contributed by atoms with E-state index in [1.807, 2.05) is 14.1 Å². The average Bonchev–Trinajstić information content (AvgIpc) is 2.64. The summed E-state index contributed by atoms with van der Waals surface area (Å²) in [5, 5.41) is 16.6. The van der Waals surface area contributed by atoms with Crippen LogP contribution < -0.4 is 10.6 Å². The highest BCUT2D eigenvalue weighted by Crippen LogP contribution is 2.21. The Morgan fingerprint density at radius 3 is 1.69 bits per heavy atom. The van der Waals surface area contributed by atoms with E-state index in [9.17, 15) is 0 Å². The van der Waals surface area contributed by atoms with Crippen LogP contribution in [0.1, 0.15) is 35.9 Å². The molecule has 1 heterocycles. The monoisotopic (exact) mass is 200 g/mol. The number of nitrogens with one attached hydrogen (secondary N) is 2. The van der Waals surface area contributed by atoms with E-state index in [0.29, 0.717) is 0 Å². The maximum Gasteiger partial charge on any atom is 0.134 e. The van der Waals surface area contributed by atoms with Crippen molar-refractivity contribution in [3.8, 4) is 0 Å². The van der Waals surface area contributed by atoms with Gasteiger partial charge in [-0.3, -0.25) is 0 Å². The van der Waals surface area contributed by atoms with E-state index < -0.39 is 0 Å². The number of aromatic nitrogens is 2. The van der Waals surface area contributed by atoms with Crippen LogP contribution in [-0.2, 0) is 0 Å². The molecule has 2 atom stereocenters. The number of nitrogens with zero attached hydrogens (tertiary/aromatic N) is 2. The third-order valence-corrected chi connectivity index (χ3v) is 3.35. The van der Waals surface area contributed by atoms with Gasteiger partial charge in [0.25, 0.3) is 0 Å². The van der Waals surface area contributed by atoms with Gasteiger partial charge in [-0.1, -0.05) is 11.3 Å². The van der Waals surface area contributed by atoms with Crippen LogP contribution in [0.2, 0.25) is 0 Å². The predicted octanol–water partition coefficient (Wildman–Crippen LogP) is 1.10. The summed E-state index contributed by atoms with van der Waals surface area (Å²) in [7, 11) is 3.85. The van der Waals surface area contributed by atoms with Gasteiger partial charge in [0.1, 0.15) is 10.0 Å². The molecule has 0 saturated heterocycles. The largest absolute Gasteiger partial charge is 0.311 e. The first-order chi connectivity index (χ1) is 6.19. The molecule has 0 aliphatic heterocycles. The lowest BCUT2D eigenvalue weighted by Gasteiger charge is -2.04. The number of hydrogen-bond acceptors (Lipinski definition) is 5. The summed E-state index contributed by atoms with van der Waals surface area (Å²) in [5.41, 5.74) is 0. The summed E-state index contributed by atoms with van der Waals surface area (Å²) in [5.74, 6) is 0. The zero-order chi connectivity index (χ0) is 9.84. The molecule has 0 aromatic carbocycles. The highest BCUT2D eigenvalue weighted by molar-refractivity contribution is 7.11. The molecule has 0 radical (unpaired) electrons. The van der Waals surface area contributed by atoms with E-state index in [1.165, 1.54) is 0 Å². The smallest absolute Gasteiger partial charge is 0.134 e. The molecular formula is C8H16N4S. The molecule has 4 nitrogen and oxygen atoms in total. The SMILES string of the molecule is CNC(C)c1nnc(C(C)NC)s1. The molecular weight excluding hydrogens is 184 g/mol. The fourth-order valence-electron chi connectivity index (χ4n) is 0.843. The maximum absolute atomic E-state index is 4.12. The summed E-state index contributed by atoms with van der Waals surface area (Å²) in [6.07, 6.45) is 0. The van der Waals surface area contributed by atoms with Gasteiger partial charge in [0, 0.05) is 0 Å². The van der Waals surface area contributed by atoms with Crippen LogP contribution in [0.15, 0.2) is 0 Å². The molecule has 2 unspecified atom stereocenters. The number of rotatable bonds is 4. The minimum atomic E-state index is 0.287. The second kappa shape index (κ2) is 4.64. The molecule has 1 aromatic heterocycles. The van der Waals surface area contributed by atoms with Crippen molar-refractivity contribution in [1.29, 1.82) is 0 Å². The van der Waals surface area contributed by atoms with Crippen LogP contribution in [0.4, 0.5) is 0 Å². The molecule has 0 spiro atoms. The maximum atomic E-state index is 4.12. The molecule has 0 fully saturated rings. The summed E-state index contributed by atoms with van der Waals surface area (Å²) >= 11 is 1.65. The van der Waals surface area contributed by atoms with Crippen molar-refractivity contribution < 1.29 is 0 Å². The predicted molar refractivity (Wildman–Crippen MR) is 54.9 cm³/mol. The summed E-state index contributed by atoms with van der Waals surface area (Å²) in [6.45, 7) is 4.16. The molecule has 0 saturated carbocycles. The Balaban J connectivity index is 2.74. The Morgan fingerprint density at radius 1 is 1.00 bits per heavy atom. The van der Waals surface area contributed by atoms with E-state index >= 15 is 0 Å². The van der Waals surface area contributed by atoms with Gasteiger partial charge in [0.05, 0.1) is 12.1 Å². The van der Waals surface area contributed by atoms with Crippen LogP contribution >= 0.6 is 11.3 Å². The van der Waals surface area contributed by atoms with Crippen LogP contribution in [0.25, 0.3) is 0 Å². The average molecular weight is 200 g/mol. The van der Waals surface area contributed by atoms with Gasteiger partial charge >= 0.3 is 0 Å². The second-order valence-corrected chi connectivity index (χ2v) is 4.04. The minimum absolute atomic E-state index is 0.287. The molecule has 0 aliphatic carbocycles. The van der Waals surface area contributed by atoms with Crippen molar-refractivity contribution >= 4 is 11.3 Å². The molecule has 0 bridgehead atoms. The van der Waals surface area contributed by atoms with Crippen molar-refractivity contribution in [2.45, 2.75) is 25.9 Å². The zero-order valence-corrected chi connectivity index (χ0v) is 9.27. The molecule has 1 rings (SSSR count). The van der Waals surface area contributed by atoms with E-state index in [0.717, 1.165) is 10.0 Å². The summed E-state index contributed by atoms with van der Waals surface area (Å²) in [6, 6.07) is 0.575. The van der Waals surface area contributed by atoms with Gasteiger partial charge < -0.3 is 10.6 Å². The Labute approximate surface area is 82.8 Å². The first kappa shape index (κ1) is 10.6. The minimum Gasteiger partial charge on any atom is -0.311 e. The lowest BCUT2D eigenvalue weighted by molar-refractivity contribution is 0.626. The highest BCUT2D eigenvalue weighted by atomic mass is 32.1. The normalized spacial score (nSPS) is 15.7. The Hall–Kier alpha value is -0.520. The van der Waals surface area contributed by atoms with Crippen molar-refractivity contribution in [2.75, 3.05) is 14.1 Å². The van der Waals surface area contributed by atoms with Crippen LogP contribution in [0, 0.1) is 0 Å². The van der Waals surface area contributed by atoms with Crippen molar-refractivity contribution in [3.05, 3.63) is 10.0 Å². The topological polar surface area (TPSA) is 49.8 Å². The van der Waals surface area contributed by atoms with Gasteiger partial charge in [0.15, 0.2) is 0 Å². The van der Waals surface area contributed by atoms with Gasteiger partial charge in [-0.15, -0.1) is 10.2 Å². The van der Waals surface area contributed by atoms with Crippen LogP contribution in [-0.4, -0.2) is 24.3 Å². The molecule has 2 N–H and O–H groups in total. The quantitative estimate of drug-likeness (QED) is 0.764. The third-order valence-electron chi connectivity index (χ3n) is 2.06. The fraction of sp³-hybridized carbons (Fsp3) is 0.750. The highest BCUT2D eigenvalue weighted by Gasteiger charge is 2.13. The molecule has 1 aromatic rings. The standard InChI is InChI=1S/C8H16N4S/c1-5(9-3)7-11-12-8(13-7)6(2)10-4/h5-6,9-10H,1-4H3. The summed E-state index contributed by atoms with van der Waals surface area (Å²) < 4.78 is 0. The Morgan fingerprint density at radius 2 is 1.38 bits per heavy atom. The van der Waals surface area contributed by atoms with Crippen molar-refractivity contribution in [1.82, 2.24) is 20.8 Å². The third kappa shape index (κ3) is 2.46.